The number of ether oxygens (including phenoxy) is 1. The summed E-state index contributed by atoms with van der Waals surface area (Å²) in [4.78, 5) is 2.38. The minimum atomic E-state index is -0.471. The predicted molar refractivity (Wildman–Crippen MR) is 77.5 cm³/mol. The zero-order valence-corrected chi connectivity index (χ0v) is 12.2. The molecule has 1 unspecified atom stereocenters. The molecule has 3 nitrogen and oxygen atoms in total. The minimum Gasteiger partial charge on any atom is -0.494 e. The Bertz CT molecular complexity index is 394. The number of rotatable bonds is 5. The normalized spacial score (nSPS) is 18.5. The van der Waals surface area contributed by atoms with Crippen molar-refractivity contribution in [2.24, 2.45) is 0 Å². The fourth-order valence-corrected chi connectivity index (χ4v) is 2.79. The number of hydrogen-bond donors (Lipinski definition) is 1. The smallest absolute Gasteiger partial charge is 0.119 e. The predicted octanol–water partition coefficient (Wildman–Crippen LogP) is 2.99. The Kier molecular flexibility index (Phi) is 4.48. The highest BCUT2D eigenvalue weighted by molar-refractivity contribution is 5.30. The Morgan fingerprint density at radius 2 is 1.79 bits per heavy atom. The summed E-state index contributed by atoms with van der Waals surface area (Å²) < 4.78 is 5.43. The molecule has 0 saturated carbocycles. The van der Waals surface area contributed by atoms with E-state index in [1.165, 1.54) is 12.8 Å². The largest absolute Gasteiger partial charge is 0.494 e. The van der Waals surface area contributed by atoms with E-state index >= 15 is 0 Å². The molecule has 19 heavy (non-hydrogen) atoms. The SMILES string of the molecule is CCOc1ccc(C(O)C(C)(C)N2CCCC2)cc1. The molecule has 1 saturated heterocycles. The van der Waals surface area contributed by atoms with Gasteiger partial charge in [0.25, 0.3) is 0 Å². The molecule has 0 amide bonds. The van der Waals surface area contributed by atoms with Gasteiger partial charge in [0, 0.05) is 5.54 Å². The minimum absolute atomic E-state index is 0.219. The highest BCUT2D eigenvalue weighted by atomic mass is 16.5. The van der Waals surface area contributed by atoms with Crippen molar-refractivity contribution in [1.82, 2.24) is 4.90 Å². The van der Waals surface area contributed by atoms with Crippen molar-refractivity contribution in [1.29, 1.82) is 0 Å². The van der Waals surface area contributed by atoms with Crippen LogP contribution in [0.25, 0.3) is 0 Å². The van der Waals surface area contributed by atoms with Crippen LogP contribution >= 0.6 is 0 Å². The Labute approximate surface area is 116 Å². The lowest BCUT2D eigenvalue weighted by Gasteiger charge is -2.39. The molecular formula is C16H25NO2. The second-order valence-corrected chi connectivity index (χ2v) is 5.75. The summed E-state index contributed by atoms with van der Waals surface area (Å²) in [6.07, 6.45) is 2.00. The summed E-state index contributed by atoms with van der Waals surface area (Å²) in [5.41, 5.74) is 0.740. The van der Waals surface area contributed by atoms with Gasteiger partial charge < -0.3 is 9.84 Å². The van der Waals surface area contributed by atoms with Crippen molar-refractivity contribution >= 4 is 0 Å². The van der Waals surface area contributed by atoms with Gasteiger partial charge in [-0.25, -0.2) is 0 Å². The van der Waals surface area contributed by atoms with Crippen molar-refractivity contribution < 1.29 is 9.84 Å². The number of nitrogens with zero attached hydrogens (tertiary/aromatic N) is 1. The fourth-order valence-electron chi connectivity index (χ4n) is 2.79. The highest BCUT2D eigenvalue weighted by Crippen LogP contribution is 2.33. The lowest BCUT2D eigenvalue weighted by Crippen LogP contribution is -2.46. The zero-order valence-electron chi connectivity index (χ0n) is 12.2. The maximum Gasteiger partial charge on any atom is 0.119 e. The maximum absolute atomic E-state index is 10.6. The number of aliphatic hydroxyl groups excluding tert-OH is 1. The Balaban J connectivity index is 2.11. The van der Waals surface area contributed by atoms with E-state index in [9.17, 15) is 5.11 Å². The molecule has 1 aliphatic heterocycles. The second kappa shape index (κ2) is 5.93. The molecule has 1 aromatic carbocycles. The molecule has 0 radical (unpaired) electrons. The van der Waals surface area contributed by atoms with Gasteiger partial charge in [-0.15, -0.1) is 0 Å². The first kappa shape index (κ1) is 14.4. The average molecular weight is 263 g/mol. The van der Waals surface area contributed by atoms with Gasteiger partial charge in [-0.3, -0.25) is 4.90 Å². The number of aliphatic hydroxyl groups is 1. The van der Waals surface area contributed by atoms with Crippen molar-refractivity contribution in [2.75, 3.05) is 19.7 Å². The molecule has 1 aromatic rings. The van der Waals surface area contributed by atoms with Crippen LogP contribution in [-0.2, 0) is 0 Å². The van der Waals surface area contributed by atoms with Crippen LogP contribution < -0.4 is 4.74 Å². The first-order valence-corrected chi connectivity index (χ1v) is 7.21. The van der Waals surface area contributed by atoms with E-state index in [2.05, 4.69) is 18.7 Å². The van der Waals surface area contributed by atoms with Crippen molar-refractivity contribution in [2.45, 2.75) is 45.3 Å². The van der Waals surface area contributed by atoms with Crippen LogP contribution in [0, 0.1) is 0 Å². The lowest BCUT2D eigenvalue weighted by atomic mass is 9.89. The molecule has 3 heteroatoms. The van der Waals surface area contributed by atoms with Crippen LogP contribution in [-0.4, -0.2) is 35.2 Å². The third-order valence-electron chi connectivity index (χ3n) is 4.10. The summed E-state index contributed by atoms with van der Waals surface area (Å²) in [7, 11) is 0. The summed E-state index contributed by atoms with van der Waals surface area (Å²) in [6, 6.07) is 7.80. The molecular weight excluding hydrogens is 238 g/mol. The van der Waals surface area contributed by atoms with Gasteiger partial charge in [-0.1, -0.05) is 12.1 Å². The van der Waals surface area contributed by atoms with Gasteiger partial charge in [-0.2, -0.15) is 0 Å². The van der Waals surface area contributed by atoms with E-state index < -0.39 is 6.10 Å². The molecule has 1 N–H and O–H groups in total. The van der Waals surface area contributed by atoms with Crippen molar-refractivity contribution in [3.8, 4) is 5.75 Å². The standard InChI is InChI=1S/C16H25NO2/c1-4-19-14-9-7-13(8-10-14)15(18)16(2,3)17-11-5-6-12-17/h7-10,15,18H,4-6,11-12H2,1-3H3. The van der Waals surface area contributed by atoms with Crippen LogP contribution in [0.4, 0.5) is 0 Å². The van der Waals surface area contributed by atoms with Gasteiger partial charge in [0.1, 0.15) is 5.75 Å². The third-order valence-corrected chi connectivity index (χ3v) is 4.10. The van der Waals surface area contributed by atoms with E-state index in [0.717, 1.165) is 24.4 Å². The van der Waals surface area contributed by atoms with E-state index in [1.54, 1.807) is 0 Å². The zero-order chi connectivity index (χ0) is 13.9. The number of benzene rings is 1. The van der Waals surface area contributed by atoms with Gasteiger partial charge in [0.15, 0.2) is 0 Å². The van der Waals surface area contributed by atoms with Crippen LogP contribution in [0.2, 0.25) is 0 Å². The molecule has 0 aromatic heterocycles. The van der Waals surface area contributed by atoms with E-state index in [-0.39, 0.29) is 5.54 Å². The van der Waals surface area contributed by atoms with Gasteiger partial charge >= 0.3 is 0 Å². The topological polar surface area (TPSA) is 32.7 Å². The fraction of sp³-hybridized carbons (Fsp3) is 0.625. The summed E-state index contributed by atoms with van der Waals surface area (Å²) >= 11 is 0. The van der Waals surface area contributed by atoms with E-state index in [4.69, 9.17) is 4.74 Å². The van der Waals surface area contributed by atoms with Crippen LogP contribution in [0.15, 0.2) is 24.3 Å². The summed E-state index contributed by atoms with van der Waals surface area (Å²) in [5, 5.41) is 10.6. The van der Waals surface area contributed by atoms with E-state index in [0.29, 0.717) is 6.61 Å². The molecule has 0 bridgehead atoms. The molecule has 1 fully saturated rings. The molecule has 106 valence electrons. The van der Waals surface area contributed by atoms with Crippen LogP contribution in [0.3, 0.4) is 0 Å². The number of hydrogen-bond acceptors (Lipinski definition) is 3. The third kappa shape index (κ3) is 3.10. The number of likely N-dealkylation sites (tertiary alicyclic amines) is 1. The summed E-state index contributed by atoms with van der Waals surface area (Å²) in [5.74, 6) is 0.859. The first-order valence-electron chi connectivity index (χ1n) is 7.21. The van der Waals surface area contributed by atoms with Gasteiger partial charge in [0.05, 0.1) is 12.7 Å². The average Bonchev–Trinajstić information content (AvgIpc) is 2.94. The van der Waals surface area contributed by atoms with E-state index in [1.807, 2.05) is 31.2 Å². The Morgan fingerprint density at radius 1 is 1.21 bits per heavy atom. The van der Waals surface area contributed by atoms with Crippen LogP contribution in [0.5, 0.6) is 5.75 Å². The molecule has 1 aliphatic rings. The molecule has 1 heterocycles. The summed E-state index contributed by atoms with van der Waals surface area (Å²) in [6.45, 7) is 9.06. The monoisotopic (exact) mass is 263 g/mol. The van der Waals surface area contributed by atoms with Crippen molar-refractivity contribution in [3.05, 3.63) is 29.8 Å². The lowest BCUT2D eigenvalue weighted by molar-refractivity contribution is 0.00130. The maximum atomic E-state index is 10.6. The first-order chi connectivity index (χ1) is 9.05. The van der Waals surface area contributed by atoms with Crippen LogP contribution in [0.1, 0.15) is 45.3 Å². The molecule has 0 spiro atoms. The van der Waals surface area contributed by atoms with Gasteiger partial charge in [0.2, 0.25) is 0 Å². The van der Waals surface area contributed by atoms with Gasteiger partial charge in [-0.05, 0) is 64.4 Å². The quantitative estimate of drug-likeness (QED) is 0.886. The second-order valence-electron chi connectivity index (χ2n) is 5.75. The molecule has 1 atom stereocenters. The highest BCUT2D eigenvalue weighted by Gasteiger charge is 2.36. The Morgan fingerprint density at radius 3 is 2.32 bits per heavy atom. The molecule has 2 rings (SSSR count). The Hall–Kier alpha value is -1.06. The van der Waals surface area contributed by atoms with Crippen molar-refractivity contribution in [3.63, 3.8) is 0 Å². The molecule has 0 aliphatic carbocycles.